The van der Waals surface area contributed by atoms with Gasteiger partial charge < -0.3 is 9.47 Å². The molecule has 4 rings (SSSR count). The summed E-state index contributed by atoms with van der Waals surface area (Å²) in [5, 5.41) is 0. The Labute approximate surface area is 193 Å². The zero-order valence-electron chi connectivity index (χ0n) is 18.3. The molecule has 1 aliphatic heterocycles. The second-order valence-electron chi connectivity index (χ2n) is 8.34. The molecule has 1 heterocycles. The van der Waals surface area contributed by atoms with Crippen LogP contribution in [-0.4, -0.2) is 6.61 Å². The van der Waals surface area contributed by atoms with Crippen molar-refractivity contribution in [2.75, 3.05) is 6.61 Å². The van der Waals surface area contributed by atoms with Gasteiger partial charge in [0, 0.05) is 5.56 Å². The monoisotopic (exact) mass is 480 g/mol. The average Bonchev–Trinajstić information content (AvgIpc) is 2.81. The van der Waals surface area contributed by atoms with Crippen molar-refractivity contribution in [2.45, 2.75) is 38.9 Å². The lowest BCUT2D eigenvalue weighted by molar-refractivity contribution is -0.0182. The van der Waals surface area contributed by atoms with Crippen LogP contribution in [0, 0.1) is 40.8 Å². The van der Waals surface area contributed by atoms with E-state index in [1.54, 1.807) is 6.07 Å². The fraction of sp³-hybridized carbons (Fsp3) is 0.308. The summed E-state index contributed by atoms with van der Waals surface area (Å²) in [6.07, 6.45) is 2.56. The van der Waals surface area contributed by atoms with Crippen LogP contribution in [0.15, 0.2) is 42.5 Å². The summed E-state index contributed by atoms with van der Waals surface area (Å²) in [4.78, 5) is 0. The number of ether oxygens (including phenoxy) is 2. The van der Waals surface area contributed by atoms with Crippen molar-refractivity contribution in [2.24, 2.45) is 5.92 Å². The second kappa shape index (κ2) is 10.1. The summed E-state index contributed by atoms with van der Waals surface area (Å²) >= 11 is 0. The summed E-state index contributed by atoms with van der Waals surface area (Å²) in [6, 6.07) is 7.57. The first-order valence-corrected chi connectivity index (χ1v) is 10.9. The molecule has 1 fully saturated rings. The minimum atomic E-state index is -1.65. The molecular weight excluding hydrogens is 458 g/mol. The molecule has 8 heteroatoms. The van der Waals surface area contributed by atoms with Crippen LogP contribution >= 0.6 is 0 Å². The number of hydrogen-bond donors (Lipinski definition) is 0. The van der Waals surface area contributed by atoms with Crippen LogP contribution in [0.2, 0.25) is 0 Å². The van der Waals surface area contributed by atoms with E-state index >= 15 is 0 Å². The van der Waals surface area contributed by atoms with E-state index in [0.717, 1.165) is 31.4 Å². The van der Waals surface area contributed by atoms with E-state index < -0.39 is 47.3 Å². The molecule has 0 amide bonds. The lowest BCUT2D eigenvalue weighted by Crippen LogP contribution is -2.20. The Morgan fingerprint density at radius 3 is 2.06 bits per heavy atom. The highest BCUT2D eigenvalue weighted by Crippen LogP contribution is 2.35. The molecule has 0 aromatic heterocycles. The number of rotatable bonds is 6. The molecule has 2 unspecified atom stereocenters. The summed E-state index contributed by atoms with van der Waals surface area (Å²) < 4.78 is 94.6. The third-order valence-corrected chi connectivity index (χ3v) is 6.05. The maximum absolute atomic E-state index is 14.8. The van der Waals surface area contributed by atoms with Crippen molar-refractivity contribution in [3.63, 3.8) is 0 Å². The van der Waals surface area contributed by atoms with E-state index in [2.05, 4.69) is 6.92 Å². The maximum Gasteiger partial charge on any atom is 0.194 e. The predicted molar refractivity (Wildman–Crippen MR) is 114 cm³/mol. The van der Waals surface area contributed by atoms with Crippen LogP contribution in [0.25, 0.3) is 11.1 Å². The van der Waals surface area contributed by atoms with Gasteiger partial charge in [-0.1, -0.05) is 25.5 Å². The lowest BCUT2D eigenvalue weighted by atomic mass is 9.92. The van der Waals surface area contributed by atoms with Gasteiger partial charge in [-0.3, -0.25) is 0 Å². The maximum atomic E-state index is 14.8. The number of halogens is 6. The quantitative estimate of drug-likeness (QED) is 0.267. The van der Waals surface area contributed by atoms with Gasteiger partial charge in [0.25, 0.3) is 0 Å². The molecule has 180 valence electrons. The van der Waals surface area contributed by atoms with E-state index in [-0.39, 0.29) is 22.8 Å². The van der Waals surface area contributed by atoms with E-state index in [1.807, 2.05) is 0 Å². The summed E-state index contributed by atoms with van der Waals surface area (Å²) in [6.45, 7) is 2.10. The highest BCUT2D eigenvalue weighted by Gasteiger charge is 2.23. The average molecular weight is 480 g/mol. The van der Waals surface area contributed by atoms with Crippen molar-refractivity contribution in [1.29, 1.82) is 0 Å². The molecule has 0 spiro atoms. The largest absolute Gasteiger partial charge is 0.483 e. The Bertz CT molecular complexity index is 1140. The SMILES string of the molecule is CCC1CCC(c2ccc(-c3cc(F)c(OCc4cc(F)c(F)c(F)c4)c(F)c3)c(F)c2)OC1. The van der Waals surface area contributed by atoms with Gasteiger partial charge in [0.15, 0.2) is 34.8 Å². The van der Waals surface area contributed by atoms with Gasteiger partial charge in [-0.05, 0) is 65.8 Å². The number of benzene rings is 3. The van der Waals surface area contributed by atoms with E-state index in [9.17, 15) is 26.3 Å². The molecule has 2 atom stereocenters. The zero-order valence-corrected chi connectivity index (χ0v) is 18.3. The van der Waals surface area contributed by atoms with Crippen LogP contribution in [0.3, 0.4) is 0 Å². The van der Waals surface area contributed by atoms with Crippen LogP contribution in [-0.2, 0) is 11.3 Å². The molecule has 1 aliphatic rings. The Morgan fingerprint density at radius 2 is 1.50 bits per heavy atom. The smallest absolute Gasteiger partial charge is 0.194 e. The van der Waals surface area contributed by atoms with Crippen molar-refractivity contribution in [3.05, 3.63) is 88.5 Å². The molecule has 2 nitrogen and oxygen atoms in total. The number of hydrogen-bond acceptors (Lipinski definition) is 2. The summed E-state index contributed by atoms with van der Waals surface area (Å²) in [5.41, 5.74) is 0.463. The fourth-order valence-electron chi connectivity index (χ4n) is 4.06. The third-order valence-electron chi connectivity index (χ3n) is 6.05. The zero-order chi connectivity index (χ0) is 24.4. The van der Waals surface area contributed by atoms with Gasteiger partial charge in [-0.15, -0.1) is 0 Å². The first-order valence-electron chi connectivity index (χ1n) is 10.9. The predicted octanol–water partition coefficient (Wildman–Crippen LogP) is 7.64. The summed E-state index contributed by atoms with van der Waals surface area (Å²) in [5.74, 6) is -7.75. The topological polar surface area (TPSA) is 18.5 Å². The van der Waals surface area contributed by atoms with Gasteiger partial charge in [-0.2, -0.15) is 0 Å². The lowest BCUT2D eigenvalue weighted by Gasteiger charge is -2.28. The van der Waals surface area contributed by atoms with Crippen LogP contribution in [0.4, 0.5) is 26.3 Å². The van der Waals surface area contributed by atoms with E-state index in [1.165, 1.54) is 12.1 Å². The highest BCUT2D eigenvalue weighted by molar-refractivity contribution is 5.66. The molecule has 0 radical (unpaired) electrons. The molecule has 0 bridgehead atoms. The normalized spacial score (nSPS) is 18.2. The Morgan fingerprint density at radius 1 is 0.824 bits per heavy atom. The molecule has 34 heavy (non-hydrogen) atoms. The fourth-order valence-corrected chi connectivity index (χ4v) is 4.06. The van der Waals surface area contributed by atoms with Gasteiger partial charge in [0.05, 0.1) is 12.7 Å². The molecule has 3 aromatic carbocycles. The van der Waals surface area contributed by atoms with Gasteiger partial charge >= 0.3 is 0 Å². The van der Waals surface area contributed by atoms with E-state index in [4.69, 9.17) is 9.47 Å². The highest BCUT2D eigenvalue weighted by atomic mass is 19.2. The van der Waals surface area contributed by atoms with Gasteiger partial charge in [0.1, 0.15) is 12.4 Å². The second-order valence-corrected chi connectivity index (χ2v) is 8.34. The van der Waals surface area contributed by atoms with Crippen molar-refractivity contribution >= 4 is 0 Å². The summed E-state index contributed by atoms with van der Waals surface area (Å²) in [7, 11) is 0. The van der Waals surface area contributed by atoms with Crippen LogP contribution < -0.4 is 4.74 Å². The molecule has 0 N–H and O–H groups in total. The van der Waals surface area contributed by atoms with Crippen LogP contribution in [0.1, 0.15) is 43.4 Å². The molecule has 3 aromatic rings. The molecule has 0 saturated carbocycles. The van der Waals surface area contributed by atoms with E-state index in [0.29, 0.717) is 30.2 Å². The minimum Gasteiger partial charge on any atom is -0.483 e. The molecule has 1 saturated heterocycles. The van der Waals surface area contributed by atoms with Crippen molar-refractivity contribution in [1.82, 2.24) is 0 Å². The third kappa shape index (κ3) is 5.06. The van der Waals surface area contributed by atoms with Gasteiger partial charge in [0.2, 0.25) is 0 Å². The first kappa shape index (κ1) is 24.1. The molecule has 0 aliphatic carbocycles. The molecular formula is C26H22F6O2. The van der Waals surface area contributed by atoms with Crippen molar-refractivity contribution in [3.8, 4) is 16.9 Å². The first-order chi connectivity index (χ1) is 16.3. The Hall–Kier alpha value is -3.00. The van der Waals surface area contributed by atoms with Gasteiger partial charge in [-0.25, -0.2) is 26.3 Å². The minimum absolute atomic E-state index is 0.00183. The Kier molecular flexibility index (Phi) is 7.16. The van der Waals surface area contributed by atoms with Crippen LogP contribution in [0.5, 0.6) is 5.75 Å². The Balaban J connectivity index is 1.51. The standard InChI is InChI=1S/C26H22F6O2/c1-2-14-3-6-24(33-12-14)16-4-5-18(19(27)9-16)17-10-22(30)26(23(31)11-17)34-13-15-7-20(28)25(32)21(29)8-15/h4-5,7-11,14,24H,2-3,6,12-13H2,1H3. The van der Waals surface area contributed by atoms with Crippen molar-refractivity contribution < 1.29 is 35.8 Å².